The van der Waals surface area contributed by atoms with Gasteiger partial charge in [-0.15, -0.1) is 0 Å². The summed E-state index contributed by atoms with van der Waals surface area (Å²) in [6.45, 7) is 0. The van der Waals surface area contributed by atoms with Crippen LogP contribution in [0.3, 0.4) is 0 Å². The molecule has 0 rings (SSSR count). The lowest BCUT2D eigenvalue weighted by molar-refractivity contribution is 0.590. The maximum absolute atomic E-state index is 8.06. The molecule has 0 saturated carbocycles. The molecule has 0 saturated heterocycles. The third-order valence-electron chi connectivity index (χ3n) is 0. The van der Waals surface area contributed by atoms with E-state index in [0.29, 0.717) is 0 Å². The Bertz CT molecular complexity index is 3.25. The molecule has 0 atom stereocenters. The van der Waals surface area contributed by atoms with E-state index in [2.05, 4.69) is 0 Å². The predicted octanol–water partition coefficient (Wildman–Crippen LogP) is -2.15. The molecule has 0 fully saturated rings. The molecule has 0 aliphatic heterocycles. The van der Waals surface area contributed by atoms with E-state index >= 15 is 0 Å². The smallest absolute Gasteiger partial charge is 0.381 e. The SMILES string of the molecule is O.O.O=[Si]. The van der Waals surface area contributed by atoms with Crippen LogP contribution in [0.5, 0.6) is 0 Å². The van der Waals surface area contributed by atoms with Gasteiger partial charge in [0.25, 0.3) is 0 Å². The van der Waals surface area contributed by atoms with Crippen molar-refractivity contribution in [3.8, 4) is 0 Å². The number of rotatable bonds is 0. The fourth-order valence-electron chi connectivity index (χ4n) is 0. The van der Waals surface area contributed by atoms with Gasteiger partial charge in [-0.3, -0.25) is 0 Å². The number of hydrogen-bond donors (Lipinski definition) is 0. The Balaban J connectivity index is -0.00000000500. The van der Waals surface area contributed by atoms with Gasteiger partial charge in [-0.1, -0.05) is 0 Å². The van der Waals surface area contributed by atoms with Crippen molar-refractivity contribution in [2.24, 2.45) is 0 Å². The van der Waals surface area contributed by atoms with Crippen LogP contribution in [0, 0.1) is 0 Å². The Kier molecular flexibility index (Phi) is 26700. The summed E-state index contributed by atoms with van der Waals surface area (Å²) in [4.78, 5) is 0. The van der Waals surface area contributed by atoms with E-state index in [1.165, 1.54) is 0 Å². The molecular formula is H4O3Si. The highest BCUT2D eigenvalue weighted by Gasteiger charge is 0.803. The van der Waals surface area contributed by atoms with E-state index in [0.717, 1.165) is 0 Å². The molecule has 0 aliphatic rings. The Hall–Kier alpha value is -0.0631. The van der Waals surface area contributed by atoms with Gasteiger partial charge in [0, 0.05) is 0 Å². The average molecular weight is 80.1 g/mol. The van der Waals surface area contributed by atoms with Crippen LogP contribution in [0.15, 0.2) is 0 Å². The molecule has 0 aliphatic carbocycles. The average Bonchev–Trinajstić information content (AvgIpc) is 1.00. The van der Waals surface area contributed by atoms with Crippen LogP contribution >= 0.6 is 0 Å². The first-order chi connectivity index (χ1) is 1.00. The molecule has 0 heterocycles. The Morgan fingerprint density at radius 1 is 1.00 bits per heavy atom. The summed E-state index contributed by atoms with van der Waals surface area (Å²) in [5.41, 5.74) is 0. The monoisotopic (exact) mass is 80.0 g/mol. The zero-order chi connectivity index (χ0) is 2.00. The van der Waals surface area contributed by atoms with Gasteiger partial charge in [-0.05, 0) is 0 Å². The minimum absolute atomic E-state index is 0. The minimum atomic E-state index is 0. The van der Waals surface area contributed by atoms with E-state index in [4.69, 9.17) is 4.46 Å². The van der Waals surface area contributed by atoms with Crippen LogP contribution < -0.4 is 0 Å². The van der Waals surface area contributed by atoms with E-state index in [-0.39, 0.29) is 11.0 Å². The maximum Gasteiger partial charge on any atom is 0.381 e. The Morgan fingerprint density at radius 2 is 1.00 bits per heavy atom. The highest BCUT2D eigenvalue weighted by Crippen LogP contribution is 0.469. The van der Waals surface area contributed by atoms with Gasteiger partial charge < -0.3 is 15.4 Å². The lowest BCUT2D eigenvalue weighted by atomic mass is 16.0. The summed E-state index contributed by atoms with van der Waals surface area (Å²) < 4.78 is 8.06. The third kappa shape index (κ3) is 427. The fraction of sp³-hybridized carbons (Fsp3) is 0. The molecule has 0 aromatic rings. The van der Waals surface area contributed by atoms with Crippen LogP contribution in [0.2, 0.25) is 0 Å². The van der Waals surface area contributed by atoms with Crippen LogP contribution in [0.25, 0.3) is 0 Å². The van der Waals surface area contributed by atoms with Crippen molar-refractivity contribution in [3.63, 3.8) is 0 Å². The van der Waals surface area contributed by atoms with Gasteiger partial charge in [-0.25, -0.2) is 0 Å². The third-order valence-corrected chi connectivity index (χ3v) is 0. The summed E-state index contributed by atoms with van der Waals surface area (Å²) in [6.07, 6.45) is 0. The lowest BCUT2D eigenvalue weighted by Gasteiger charge is -0.803. The second kappa shape index (κ2) is 2770. The van der Waals surface area contributed by atoms with Gasteiger partial charge in [0.1, 0.15) is 0 Å². The van der Waals surface area contributed by atoms with Crippen molar-refractivity contribution in [2.75, 3.05) is 0 Å². The summed E-state index contributed by atoms with van der Waals surface area (Å²) in [7, 11) is 1.72. The zero-order valence-electron chi connectivity index (χ0n) is 1.91. The highest BCUT2D eigenvalue weighted by atomic mass is 28.1. The summed E-state index contributed by atoms with van der Waals surface area (Å²) in [5.74, 6) is 0. The molecule has 2 radical (unpaired) electrons. The summed E-state index contributed by atoms with van der Waals surface area (Å²) in [6, 6.07) is 0. The first-order valence-corrected chi connectivity index (χ1v) is 0.612. The summed E-state index contributed by atoms with van der Waals surface area (Å²) in [5, 5.41) is 0. The van der Waals surface area contributed by atoms with Crippen molar-refractivity contribution >= 4 is 10.1 Å². The zero-order valence-corrected chi connectivity index (χ0v) is 2.91. The molecule has 4 N–H and O–H groups in total. The second-order valence-electron chi connectivity index (χ2n) is 0. The molecule has 0 spiro atoms. The molecule has 0 aromatic heterocycles. The van der Waals surface area contributed by atoms with Crippen LogP contribution in [0.1, 0.15) is 0 Å². The summed E-state index contributed by atoms with van der Waals surface area (Å²) >= 11 is 0. The van der Waals surface area contributed by atoms with Crippen molar-refractivity contribution in [1.29, 1.82) is 0 Å². The van der Waals surface area contributed by atoms with Crippen LogP contribution in [-0.4, -0.2) is 21.1 Å². The molecule has 0 aromatic carbocycles. The highest BCUT2D eigenvalue weighted by molar-refractivity contribution is 5.85. The van der Waals surface area contributed by atoms with Gasteiger partial charge in [-0.2, -0.15) is 0 Å². The fourth-order valence-corrected chi connectivity index (χ4v) is 0. The first-order valence-electron chi connectivity index (χ1n) is 0.204. The topological polar surface area (TPSA) is 80.1 Å². The van der Waals surface area contributed by atoms with Gasteiger partial charge in [0.15, 0.2) is 0 Å². The van der Waals surface area contributed by atoms with Crippen LogP contribution in [-0.2, 0) is 4.46 Å². The molecular weight excluding hydrogens is 76.1 g/mol. The van der Waals surface area contributed by atoms with E-state index in [1.54, 1.807) is 10.1 Å². The normalized spacial score (nSPS) is 1.00. The largest absolute Gasteiger partial charge is 0.412 e. The van der Waals surface area contributed by atoms with Crippen molar-refractivity contribution in [3.05, 3.63) is 0 Å². The molecule has 3 nitrogen and oxygen atoms in total. The Morgan fingerprint density at radius 3 is 1.00 bits per heavy atom. The molecule has 4 heteroatoms. The molecule has 0 unspecified atom stereocenters. The first kappa shape index (κ1) is 38.7. The quantitative estimate of drug-likeness (QED) is 0.305. The Labute approximate surface area is 26.7 Å². The minimum Gasteiger partial charge on any atom is -0.412 e. The van der Waals surface area contributed by atoms with Gasteiger partial charge in [0.2, 0.25) is 0 Å². The maximum atomic E-state index is 8.06. The molecule has 0 amide bonds. The van der Waals surface area contributed by atoms with Gasteiger partial charge >= 0.3 is 10.1 Å². The second-order valence-corrected chi connectivity index (χ2v) is 0. The van der Waals surface area contributed by atoms with Crippen molar-refractivity contribution in [1.82, 2.24) is 0 Å². The van der Waals surface area contributed by atoms with Crippen LogP contribution in [0.4, 0.5) is 0 Å². The van der Waals surface area contributed by atoms with E-state index in [9.17, 15) is 0 Å². The van der Waals surface area contributed by atoms with Gasteiger partial charge in [0.05, 0.1) is 0 Å². The van der Waals surface area contributed by atoms with E-state index in [1.807, 2.05) is 0 Å². The molecule has 0 bridgehead atoms. The standard InChI is InChI=1S/OSi.2H2O/c1-2;;/h;2*1H2. The van der Waals surface area contributed by atoms with E-state index < -0.39 is 0 Å². The molecule has 4 heavy (non-hydrogen) atoms. The lowest BCUT2D eigenvalue weighted by Crippen LogP contribution is -0.969. The predicted molar refractivity (Wildman–Crippen MR) is 13.7 cm³/mol. The van der Waals surface area contributed by atoms with Crippen molar-refractivity contribution in [2.45, 2.75) is 0 Å². The number of hydrogen-bond acceptors (Lipinski definition) is 1. The molecule has 26 valence electrons. The van der Waals surface area contributed by atoms with Crippen molar-refractivity contribution < 1.29 is 15.4 Å².